The van der Waals surface area contributed by atoms with Crippen LogP contribution >= 0.6 is 11.6 Å². The van der Waals surface area contributed by atoms with Crippen molar-refractivity contribution in [3.8, 4) is 17.2 Å². The van der Waals surface area contributed by atoms with E-state index in [1.807, 2.05) is 64.1 Å². The highest BCUT2D eigenvalue weighted by atomic mass is 35.5. The molecule has 0 saturated carbocycles. The number of hydrogen-bond acceptors (Lipinski definition) is 9. The van der Waals surface area contributed by atoms with Gasteiger partial charge in [0.15, 0.2) is 11.9 Å². The topological polar surface area (TPSA) is 86.2 Å². The maximum Gasteiger partial charge on any atom is 0.164 e. The van der Waals surface area contributed by atoms with Gasteiger partial charge in [-0.3, -0.25) is 0 Å². The molecule has 0 aliphatic carbocycles. The highest BCUT2D eigenvalue weighted by Crippen LogP contribution is 2.49. The molecule has 2 heterocycles. The summed E-state index contributed by atoms with van der Waals surface area (Å²) in [6, 6.07) is 13.6. The lowest BCUT2D eigenvalue weighted by molar-refractivity contribution is -0.183. The molecule has 0 radical (unpaired) electrons. The molecule has 9 nitrogen and oxygen atoms in total. The van der Waals surface area contributed by atoms with Gasteiger partial charge >= 0.3 is 0 Å². The second kappa shape index (κ2) is 12.3. The molecule has 0 amide bonds. The largest absolute Gasteiger partial charge is 0.496 e. The quantitative estimate of drug-likeness (QED) is 0.179. The van der Waals surface area contributed by atoms with Crippen molar-refractivity contribution in [2.75, 3.05) is 28.1 Å². The van der Waals surface area contributed by atoms with E-state index in [4.69, 9.17) is 49.6 Å². The van der Waals surface area contributed by atoms with Crippen LogP contribution in [-0.4, -0.2) is 57.4 Å². The predicted octanol–water partition coefficient (Wildman–Crippen LogP) is 6.63. The van der Waals surface area contributed by atoms with Gasteiger partial charge < -0.3 is 38.0 Å². The van der Waals surface area contributed by atoms with Crippen molar-refractivity contribution in [2.24, 2.45) is 5.16 Å². The minimum Gasteiger partial charge on any atom is -0.496 e. The average Bonchev–Trinajstić information content (AvgIpc) is 3.54. The fourth-order valence-electron chi connectivity index (χ4n) is 5.76. The molecule has 10 heteroatoms. The normalized spacial score (nSPS) is 23.1. The molecular weight excluding hydrogens is 562 g/mol. The van der Waals surface area contributed by atoms with Crippen molar-refractivity contribution in [1.82, 2.24) is 0 Å². The Morgan fingerprint density at radius 3 is 2.40 bits per heavy atom. The van der Waals surface area contributed by atoms with Crippen LogP contribution in [0, 0.1) is 0 Å². The van der Waals surface area contributed by atoms with Crippen LogP contribution in [-0.2, 0) is 37.0 Å². The maximum atomic E-state index is 6.71. The first-order valence-corrected chi connectivity index (χ1v) is 14.2. The van der Waals surface area contributed by atoms with Gasteiger partial charge in [0.1, 0.15) is 36.2 Å². The van der Waals surface area contributed by atoms with Crippen molar-refractivity contribution in [3.63, 3.8) is 0 Å². The first-order valence-electron chi connectivity index (χ1n) is 13.9. The van der Waals surface area contributed by atoms with E-state index in [9.17, 15) is 0 Å². The van der Waals surface area contributed by atoms with Gasteiger partial charge in [0.2, 0.25) is 0 Å². The van der Waals surface area contributed by atoms with Crippen molar-refractivity contribution >= 4 is 28.1 Å². The van der Waals surface area contributed by atoms with Crippen LogP contribution in [0.3, 0.4) is 0 Å². The maximum absolute atomic E-state index is 6.71. The number of oxime groups is 1. The lowest BCUT2D eigenvalue weighted by Gasteiger charge is -2.31. The van der Waals surface area contributed by atoms with Crippen molar-refractivity contribution < 1.29 is 38.0 Å². The van der Waals surface area contributed by atoms with Gasteiger partial charge in [-0.15, -0.1) is 0 Å². The van der Waals surface area contributed by atoms with Crippen molar-refractivity contribution in [2.45, 2.75) is 70.9 Å². The van der Waals surface area contributed by atoms with Crippen LogP contribution < -0.4 is 14.2 Å². The van der Waals surface area contributed by atoms with Gasteiger partial charge in [-0.25, -0.2) is 0 Å². The number of nitrogens with zero attached hydrogens (tertiary/aromatic N) is 1. The van der Waals surface area contributed by atoms with Crippen LogP contribution in [0.25, 0.3) is 10.8 Å². The second-order valence-electron chi connectivity index (χ2n) is 11.1. The smallest absolute Gasteiger partial charge is 0.164 e. The summed E-state index contributed by atoms with van der Waals surface area (Å²) in [5, 5.41) is 6.41. The zero-order valence-corrected chi connectivity index (χ0v) is 25.9. The first-order chi connectivity index (χ1) is 20.1. The SMILES string of the molecule is COCOCc1cc2c(OC)cc(Cl)c(OC)c2c(OCc2ccccc2)c1C1=NOC([C@@]2(C)OC(C)(C)OC2C)C1. The molecule has 2 aliphatic heterocycles. The Morgan fingerprint density at radius 2 is 1.76 bits per heavy atom. The van der Waals surface area contributed by atoms with Crippen LogP contribution in [0.2, 0.25) is 5.02 Å². The third kappa shape index (κ3) is 5.76. The molecule has 3 aromatic carbocycles. The minimum absolute atomic E-state index is 0.111. The first kappa shape index (κ1) is 30.4. The minimum atomic E-state index is -0.743. The van der Waals surface area contributed by atoms with Crippen molar-refractivity contribution in [3.05, 3.63) is 64.2 Å². The Bertz CT molecular complexity index is 1460. The Balaban J connectivity index is 1.68. The van der Waals surface area contributed by atoms with Crippen LogP contribution in [0.1, 0.15) is 50.8 Å². The summed E-state index contributed by atoms with van der Waals surface area (Å²) in [6.07, 6.45) is -0.166. The van der Waals surface area contributed by atoms with Crippen LogP contribution in [0.15, 0.2) is 47.6 Å². The van der Waals surface area contributed by atoms with Gasteiger partial charge in [-0.2, -0.15) is 0 Å². The van der Waals surface area contributed by atoms with E-state index in [0.29, 0.717) is 46.4 Å². The third-order valence-corrected chi connectivity index (χ3v) is 8.05. The van der Waals surface area contributed by atoms with Gasteiger partial charge in [-0.1, -0.05) is 47.1 Å². The Morgan fingerprint density at radius 1 is 1.00 bits per heavy atom. The molecule has 5 rings (SSSR count). The average molecular weight is 600 g/mol. The van der Waals surface area contributed by atoms with Gasteiger partial charge in [-0.05, 0) is 44.9 Å². The molecular formula is C32H38ClNO8. The van der Waals surface area contributed by atoms with Gasteiger partial charge in [0.05, 0.1) is 43.1 Å². The number of hydrogen-bond donors (Lipinski definition) is 0. The molecule has 0 N–H and O–H groups in total. The molecule has 1 fully saturated rings. The van der Waals surface area contributed by atoms with E-state index in [-0.39, 0.29) is 19.5 Å². The van der Waals surface area contributed by atoms with Crippen LogP contribution in [0.4, 0.5) is 0 Å². The fourth-order valence-corrected chi connectivity index (χ4v) is 6.03. The van der Waals surface area contributed by atoms with E-state index in [1.165, 1.54) is 0 Å². The summed E-state index contributed by atoms with van der Waals surface area (Å²) >= 11 is 6.71. The summed E-state index contributed by atoms with van der Waals surface area (Å²) < 4.78 is 41.7. The van der Waals surface area contributed by atoms with Gasteiger partial charge in [0, 0.05) is 30.5 Å². The number of methoxy groups -OCH3 is 3. The lowest BCUT2D eigenvalue weighted by atomic mass is 9.87. The molecule has 2 unspecified atom stereocenters. The van der Waals surface area contributed by atoms with E-state index < -0.39 is 17.5 Å². The molecule has 2 aliphatic rings. The van der Waals surface area contributed by atoms with Gasteiger partial charge in [0.25, 0.3) is 0 Å². The van der Waals surface area contributed by atoms with E-state index in [2.05, 4.69) is 5.16 Å². The van der Waals surface area contributed by atoms with Crippen LogP contribution in [0.5, 0.6) is 17.2 Å². The Kier molecular flexibility index (Phi) is 8.87. The van der Waals surface area contributed by atoms with E-state index in [1.54, 1.807) is 27.4 Å². The summed E-state index contributed by atoms with van der Waals surface area (Å²) in [7, 11) is 4.76. The molecule has 0 spiro atoms. The number of fused-ring (bicyclic) bond motifs is 1. The molecule has 1 saturated heterocycles. The number of ether oxygens (including phenoxy) is 7. The highest BCUT2D eigenvalue weighted by Gasteiger charge is 2.55. The monoisotopic (exact) mass is 599 g/mol. The predicted molar refractivity (Wildman–Crippen MR) is 160 cm³/mol. The number of halogens is 1. The zero-order valence-electron chi connectivity index (χ0n) is 25.1. The molecule has 0 bridgehead atoms. The molecule has 3 aromatic rings. The summed E-state index contributed by atoms with van der Waals surface area (Å²) in [5.74, 6) is 0.831. The molecule has 42 heavy (non-hydrogen) atoms. The Hall–Kier alpha value is -3.08. The number of rotatable bonds is 11. The van der Waals surface area contributed by atoms with E-state index >= 15 is 0 Å². The molecule has 226 valence electrons. The standard InChI is InChI=1S/C32H38ClNO8/c1-19-32(4,42-31(2,3)40-19)26-15-24(34-41-26)27-21(17-38-18-35-5)13-22-25(36-6)14-23(33)29(37-7)28(22)30(27)39-16-20-11-9-8-10-12-20/h8-14,19,26H,15-18H2,1-7H3/t19?,26?,32-/m0/s1. The summed E-state index contributed by atoms with van der Waals surface area (Å²) in [6.45, 7) is 8.42. The molecule has 3 atom stereocenters. The summed E-state index contributed by atoms with van der Waals surface area (Å²) in [4.78, 5) is 6.09. The highest BCUT2D eigenvalue weighted by molar-refractivity contribution is 6.34. The zero-order chi connectivity index (χ0) is 30.1. The fraction of sp³-hybridized carbons (Fsp3) is 0.469. The second-order valence-corrected chi connectivity index (χ2v) is 11.5. The molecule has 0 aromatic heterocycles. The summed E-state index contributed by atoms with van der Waals surface area (Å²) in [5.41, 5.74) is 2.49. The third-order valence-electron chi connectivity index (χ3n) is 7.77. The lowest BCUT2D eigenvalue weighted by Crippen LogP contribution is -2.47. The number of benzene rings is 3. The van der Waals surface area contributed by atoms with E-state index in [0.717, 1.165) is 22.1 Å². The van der Waals surface area contributed by atoms with Crippen molar-refractivity contribution in [1.29, 1.82) is 0 Å². The Labute approximate surface area is 251 Å².